The first kappa shape index (κ1) is 20.1. The number of methoxy groups -OCH3 is 1. The maximum absolute atomic E-state index is 12.8. The highest BCUT2D eigenvalue weighted by Gasteiger charge is 2.33. The molecule has 30 heavy (non-hydrogen) atoms. The molecule has 0 unspecified atom stereocenters. The molecule has 0 saturated carbocycles. The number of nitrogens with zero attached hydrogens (tertiary/aromatic N) is 2. The number of piperazine rings is 1. The topological polar surface area (TPSA) is 68.3 Å². The van der Waals surface area contributed by atoms with Crippen molar-refractivity contribution in [2.75, 3.05) is 39.9 Å². The fourth-order valence-corrected chi connectivity index (χ4v) is 3.72. The van der Waals surface area contributed by atoms with Crippen molar-refractivity contribution in [2.24, 2.45) is 0 Å². The van der Waals surface area contributed by atoms with Gasteiger partial charge in [-0.15, -0.1) is 0 Å². The van der Waals surface area contributed by atoms with Gasteiger partial charge in [-0.25, -0.2) is 0 Å². The average Bonchev–Trinajstić information content (AvgIpc) is 2.82. The lowest BCUT2D eigenvalue weighted by molar-refractivity contribution is -0.146. The van der Waals surface area contributed by atoms with Crippen LogP contribution in [0.3, 0.4) is 0 Å². The second-order valence-electron chi connectivity index (χ2n) is 7.42. The Kier molecular flexibility index (Phi) is 6.07. The van der Waals surface area contributed by atoms with E-state index >= 15 is 0 Å². The number of amides is 2. The number of para-hydroxylation sites is 2. The summed E-state index contributed by atoms with van der Waals surface area (Å²) >= 11 is 0. The van der Waals surface area contributed by atoms with E-state index in [0.717, 1.165) is 11.3 Å². The summed E-state index contributed by atoms with van der Waals surface area (Å²) in [5.74, 6) is 2.09. The fraction of sp³-hybridized carbons (Fsp3) is 0.391. The van der Waals surface area contributed by atoms with E-state index in [-0.39, 0.29) is 18.4 Å². The third kappa shape index (κ3) is 4.50. The van der Waals surface area contributed by atoms with Crippen LogP contribution >= 0.6 is 0 Å². The summed E-state index contributed by atoms with van der Waals surface area (Å²) in [6, 6.07) is 15.1. The Morgan fingerprint density at radius 1 is 0.967 bits per heavy atom. The molecular formula is C23H26N2O5. The number of hydrogen-bond acceptors (Lipinski definition) is 5. The molecule has 0 aromatic heterocycles. The van der Waals surface area contributed by atoms with Crippen molar-refractivity contribution in [3.05, 3.63) is 54.1 Å². The van der Waals surface area contributed by atoms with Crippen LogP contribution in [0.2, 0.25) is 0 Å². The lowest BCUT2D eigenvalue weighted by Gasteiger charge is -2.37. The van der Waals surface area contributed by atoms with E-state index in [2.05, 4.69) is 0 Å². The van der Waals surface area contributed by atoms with Crippen LogP contribution in [-0.4, -0.2) is 67.6 Å². The summed E-state index contributed by atoms with van der Waals surface area (Å²) in [7, 11) is 1.63. The van der Waals surface area contributed by atoms with Gasteiger partial charge in [-0.05, 0) is 36.2 Å². The van der Waals surface area contributed by atoms with Gasteiger partial charge in [0.05, 0.1) is 7.11 Å². The maximum atomic E-state index is 12.8. The molecule has 1 fully saturated rings. The summed E-state index contributed by atoms with van der Waals surface area (Å²) in [6.45, 7) is 2.30. The number of carbonyl (C=O) groups is 2. The van der Waals surface area contributed by atoms with Gasteiger partial charge < -0.3 is 24.0 Å². The van der Waals surface area contributed by atoms with Crippen LogP contribution in [0.4, 0.5) is 0 Å². The van der Waals surface area contributed by atoms with Crippen molar-refractivity contribution in [1.82, 2.24) is 9.80 Å². The normalized spacial score (nSPS) is 18.1. The zero-order valence-corrected chi connectivity index (χ0v) is 17.1. The van der Waals surface area contributed by atoms with Gasteiger partial charge in [0.15, 0.2) is 11.5 Å². The molecule has 158 valence electrons. The van der Waals surface area contributed by atoms with E-state index in [4.69, 9.17) is 14.2 Å². The zero-order chi connectivity index (χ0) is 20.9. The van der Waals surface area contributed by atoms with Gasteiger partial charge in [-0.2, -0.15) is 0 Å². The van der Waals surface area contributed by atoms with Crippen LogP contribution in [0.1, 0.15) is 12.0 Å². The van der Waals surface area contributed by atoms with E-state index in [1.54, 1.807) is 18.1 Å². The Morgan fingerprint density at radius 2 is 1.63 bits per heavy atom. The summed E-state index contributed by atoms with van der Waals surface area (Å²) in [5.41, 5.74) is 1.10. The maximum Gasteiger partial charge on any atom is 0.267 e. The van der Waals surface area contributed by atoms with Crippen molar-refractivity contribution < 1.29 is 23.8 Å². The number of benzene rings is 2. The molecule has 2 heterocycles. The van der Waals surface area contributed by atoms with Gasteiger partial charge in [0.25, 0.3) is 5.91 Å². The van der Waals surface area contributed by atoms with Gasteiger partial charge in [0.2, 0.25) is 12.0 Å². The third-order valence-corrected chi connectivity index (χ3v) is 5.51. The van der Waals surface area contributed by atoms with Crippen LogP contribution in [-0.2, 0) is 16.0 Å². The molecular weight excluding hydrogens is 384 g/mol. The van der Waals surface area contributed by atoms with Crippen molar-refractivity contribution in [3.63, 3.8) is 0 Å². The molecule has 0 aliphatic carbocycles. The van der Waals surface area contributed by atoms with Crippen LogP contribution in [0.25, 0.3) is 0 Å². The second-order valence-corrected chi connectivity index (χ2v) is 7.42. The molecule has 4 rings (SSSR count). The minimum Gasteiger partial charge on any atom is -0.497 e. The fourth-order valence-electron chi connectivity index (χ4n) is 3.72. The zero-order valence-electron chi connectivity index (χ0n) is 17.1. The van der Waals surface area contributed by atoms with Gasteiger partial charge in [-0.1, -0.05) is 24.3 Å². The molecule has 0 spiro atoms. The van der Waals surface area contributed by atoms with E-state index in [1.165, 1.54) is 0 Å². The number of rotatable bonds is 5. The standard InChI is InChI=1S/C23H26N2O5/c1-28-18-9-6-17(7-10-18)8-11-22(26)24-12-14-25(15-13-24)23(27)21-16-29-19-4-2-3-5-20(19)30-21/h2-7,9-10,21H,8,11-16H2,1H3/t21-/m0/s1. The monoisotopic (exact) mass is 410 g/mol. The molecule has 2 aliphatic rings. The Labute approximate surface area is 176 Å². The molecule has 7 nitrogen and oxygen atoms in total. The molecule has 1 atom stereocenters. The predicted molar refractivity (Wildman–Crippen MR) is 111 cm³/mol. The molecule has 2 aromatic rings. The number of aryl methyl sites for hydroxylation is 1. The first-order valence-corrected chi connectivity index (χ1v) is 10.2. The molecule has 7 heteroatoms. The molecule has 1 saturated heterocycles. The van der Waals surface area contributed by atoms with E-state index in [1.807, 2.05) is 47.4 Å². The summed E-state index contributed by atoms with van der Waals surface area (Å²) in [5, 5.41) is 0. The number of fused-ring (bicyclic) bond motifs is 1. The van der Waals surface area contributed by atoms with Crippen molar-refractivity contribution >= 4 is 11.8 Å². The van der Waals surface area contributed by atoms with Gasteiger partial charge in [0.1, 0.15) is 12.4 Å². The Bertz CT molecular complexity index is 891. The second kappa shape index (κ2) is 9.07. The minimum atomic E-state index is -0.641. The first-order valence-electron chi connectivity index (χ1n) is 10.2. The summed E-state index contributed by atoms with van der Waals surface area (Å²) in [4.78, 5) is 29.0. The quantitative estimate of drug-likeness (QED) is 0.756. The van der Waals surface area contributed by atoms with Crippen LogP contribution in [0, 0.1) is 0 Å². The summed E-state index contributed by atoms with van der Waals surface area (Å²) < 4.78 is 16.6. The van der Waals surface area contributed by atoms with E-state index in [0.29, 0.717) is 50.5 Å². The lowest BCUT2D eigenvalue weighted by Crippen LogP contribution is -2.55. The molecule has 0 radical (unpaired) electrons. The number of carbonyl (C=O) groups excluding carboxylic acids is 2. The predicted octanol–water partition coefficient (Wildman–Crippen LogP) is 2.14. The van der Waals surface area contributed by atoms with E-state index in [9.17, 15) is 9.59 Å². The minimum absolute atomic E-state index is 0.0881. The average molecular weight is 410 g/mol. The number of hydrogen-bond donors (Lipinski definition) is 0. The van der Waals surface area contributed by atoms with Gasteiger partial charge >= 0.3 is 0 Å². The van der Waals surface area contributed by atoms with Crippen molar-refractivity contribution in [3.8, 4) is 17.2 Å². The lowest BCUT2D eigenvalue weighted by atomic mass is 10.1. The van der Waals surface area contributed by atoms with Crippen molar-refractivity contribution in [1.29, 1.82) is 0 Å². The third-order valence-electron chi connectivity index (χ3n) is 5.51. The van der Waals surface area contributed by atoms with Gasteiger partial charge in [-0.3, -0.25) is 9.59 Å². The highest BCUT2D eigenvalue weighted by atomic mass is 16.6. The smallest absolute Gasteiger partial charge is 0.267 e. The molecule has 0 N–H and O–H groups in total. The van der Waals surface area contributed by atoms with E-state index < -0.39 is 6.10 Å². The van der Waals surface area contributed by atoms with Crippen LogP contribution in [0.15, 0.2) is 48.5 Å². The summed E-state index contributed by atoms with van der Waals surface area (Å²) in [6.07, 6.45) is 0.503. The first-order chi connectivity index (χ1) is 14.6. The SMILES string of the molecule is COc1ccc(CCC(=O)N2CCN(C(=O)[C@@H]3COc4ccccc4O3)CC2)cc1. The number of ether oxygens (including phenoxy) is 3. The molecule has 2 aliphatic heterocycles. The van der Waals surface area contributed by atoms with Crippen LogP contribution in [0.5, 0.6) is 17.2 Å². The highest BCUT2D eigenvalue weighted by molar-refractivity contribution is 5.82. The molecule has 2 amide bonds. The Morgan fingerprint density at radius 3 is 2.33 bits per heavy atom. The molecule has 0 bridgehead atoms. The van der Waals surface area contributed by atoms with Gasteiger partial charge in [0, 0.05) is 32.6 Å². The largest absolute Gasteiger partial charge is 0.497 e. The Hall–Kier alpha value is -3.22. The van der Waals surface area contributed by atoms with Crippen LogP contribution < -0.4 is 14.2 Å². The van der Waals surface area contributed by atoms with Crippen molar-refractivity contribution in [2.45, 2.75) is 18.9 Å². The Balaban J connectivity index is 1.24. The highest BCUT2D eigenvalue weighted by Crippen LogP contribution is 2.31. The molecule has 2 aromatic carbocycles.